The molecule has 0 saturated heterocycles. The Balaban J connectivity index is 1.38. The van der Waals surface area contributed by atoms with Crippen LogP contribution in [0.25, 0.3) is 22.3 Å². The van der Waals surface area contributed by atoms with Gasteiger partial charge in [0, 0.05) is 34.5 Å². The molecule has 5 aromatic rings. The maximum atomic E-state index is 15.0. The minimum Gasteiger partial charge on any atom is -0.493 e. The number of H-pyrrole nitrogens is 2. The molecule has 3 aromatic carbocycles. The summed E-state index contributed by atoms with van der Waals surface area (Å²) in [4.78, 5) is 10.9. The van der Waals surface area contributed by atoms with Gasteiger partial charge in [-0.25, -0.2) is 13.8 Å². The monoisotopic (exact) mass is 521 g/mol. The summed E-state index contributed by atoms with van der Waals surface area (Å²) in [7, 11) is 0. The first kappa shape index (κ1) is 23.5. The van der Waals surface area contributed by atoms with Crippen LogP contribution in [0.3, 0.4) is 0 Å². The maximum absolute atomic E-state index is 15.0. The van der Waals surface area contributed by atoms with Gasteiger partial charge < -0.3 is 19.4 Å². The number of hydrogen-bond acceptors (Lipinski definition) is 4. The molecule has 0 spiro atoms. The summed E-state index contributed by atoms with van der Waals surface area (Å²) in [6, 6.07) is 13.5. The predicted molar refractivity (Wildman–Crippen MR) is 137 cm³/mol. The van der Waals surface area contributed by atoms with Gasteiger partial charge in [0.1, 0.15) is 23.1 Å². The van der Waals surface area contributed by atoms with Crippen molar-refractivity contribution in [1.82, 2.24) is 15.0 Å². The number of nitrogens with zero attached hydrogens (tertiary/aromatic N) is 1. The van der Waals surface area contributed by atoms with Crippen LogP contribution in [0.4, 0.5) is 13.2 Å². The molecule has 1 atom stereocenters. The fraction of sp³-hybridized carbons (Fsp3) is 0.179. The molecule has 0 fully saturated rings. The number of rotatable bonds is 5. The second-order valence-corrected chi connectivity index (χ2v) is 9.89. The van der Waals surface area contributed by atoms with Gasteiger partial charge in [0.15, 0.2) is 11.6 Å². The Bertz CT molecular complexity index is 1650. The molecule has 2 N–H and O–H groups in total. The first-order chi connectivity index (χ1) is 17.9. The Kier molecular flexibility index (Phi) is 5.67. The highest BCUT2D eigenvalue weighted by molar-refractivity contribution is 7.99. The van der Waals surface area contributed by atoms with Gasteiger partial charge in [-0.15, -0.1) is 11.8 Å². The summed E-state index contributed by atoms with van der Waals surface area (Å²) in [5.41, 5.74) is 1.67. The van der Waals surface area contributed by atoms with Crippen molar-refractivity contribution in [2.45, 2.75) is 23.7 Å². The summed E-state index contributed by atoms with van der Waals surface area (Å²) in [6.07, 6.45) is 5.71. The number of benzene rings is 3. The molecule has 3 heterocycles. The number of thioether (sulfide) groups is 1. The summed E-state index contributed by atoms with van der Waals surface area (Å²) in [6.45, 7) is 2.64. The molecule has 9 heteroatoms. The second-order valence-electron chi connectivity index (χ2n) is 9.07. The lowest BCUT2D eigenvalue weighted by atomic mass is 9.75. The van der Waals surface area contributed by atoms with Gasteiger partial charge in [0.2, 0.25) is 5.82 Å². The zero-order valence-electron chi connectivity index (χ0n) is 20.0. The van der Waals surface area contributed by atoms with Crippen molar-refractivity contribution in [3.05, 3.63) is 89.6 Å². The Morgan fingerprint density at radius 3 is 2.76 bits per heavy atom. The van der Waals surface area contributed by atoms with E-state index in [0.29, 0.717) is 22.7 Å². The molecule has 0 saturated carbocycles. The highest BCUT2D eigenvalue weighted by atomic mass is 32.2. The number of ether oxygens (including phenoxy) is 2. The Labute approximate surface area is 215 Å². The number of fused-ring (bicyclic) bond motifs is 2. The summed E-state index contributed by atoms with van der Waals surface area (Å²) in [5.74, 6) is -1.65. The first-order valence-electron chi connectivity index (χ1n) is 11.7. The van der Waals surface area contributed by atoms with Crippen LogP contribution in [-0.2, 0) is 5.41 Å². The standard InChI is InChI=1S/C28H22F3N3O2S/c1-28(10-12-35-20-6-4-3-5-18(20)28)21-14-33-27(34-21)17-13-15(7-8-19(17)29)36-25-23(31)22(30)24-16(9-11-32-24)26(25)37-2/h3-9,11,13-14,32H,10,12H2,1-2H3,(H,33,34)/t28-/m0/s1. The van der Waals surface area contributed by atoms with Crippen molar-refractivity contribution >= 4 is 22.7 Å². The molecule has 0 unspecified atom stereocenters. The number of hydrogen-bond donors (Lipinski definition) is 2. The summed E-state index contributed by atoms with van der Waals surface area (Å²) < 4.78 is 56.2. The molecule has 37 heavy (non-hydrogen) atoms. The molecule has 0 amide bonds. The summed E-state index contributed by atoms with van der Waals surface area (Å²) >= 11 is 1.23. The van der Waals surface area contributed by atoms with Gasteiger partial charge in [0.05, 0.1) is 22.6 Å². The first-order valence-corrected chi connectivity index (χ1v) is 12.9. The molecule has 0 radical (unpaired) electrons. The highest BCUT2D eigenvalue weighted by Crippen LogP contribution is 2.44. The van der Waals surface area contributed by atoms with Crippen LogP contribution in [0.2, 0.25) is 0 Å². The van der Waals surface area contributed by atoms with Crippen molar-refractivity contribution in [3.63, 3.8) is 0 Å². The average Bonchev–Trinajstić information content (AvgIpc) is 3.60. The van der Waals surface area contributed by atoms with Crippen molar-refractivity contribution < 1.29 is 22.6 Å². The number of imidazole rings is 1. The molecule has 188 valence electrons. The maximum Gasteiger partial charge on any atom is 0.204 e. The largest absolute Gasteiger partial charge is 0.493 e. The van der Waals surface area contributed by atoms with Crippen molar-refractivity contribution in [2.75, 3.05) is 12.9 Å². The highest BCUT2D eigenvalue weighted by Gasteiger charge is 2.36. The van der Waals surface area contributed by atoms with Crippen molar-refractivity contribution in [1.29, 1.82) is 0 Å². The van der Waals surface area contributed by atoms with Crippen molar-refractivity contribution in [3.8, 4) is 28.6 Å². The van der Waals surface area contributed by atoms with Crippen LogP contribution >= 0.6 is 11.8 Å². The zero-order valence-corrected chi connectivity index (χ0v) is 20.8. The van der Waals surface area contributed by atoms with E-state index in [2.05, 4.69) is 21.9 Å². The molecule has 2 aromatic heterocycles. The van der Waals surface area contributed by atoms with E-state index in [0.717, 1.165) is 23.4 Å². The van der Waals surface area contributed by atoms with Crippen LogP contribution in [0.15, 0.2) is 65.8 Å². The number of aromatic nitrogens is 3. The second kappa shape index (κ2) is 8.92. The Hall–Kier alpha value is -3.85. The fourth-order valence-electron chi connectivity index (χ4n) is 4.90. The SMILES string of the molecule is CSc1c(Oc2ccc(F)c(-c3ncc([C@@]4(C)CCOc5ccccc54)[nH]3)c2)c(F)c(F)c2[nH]ccc12. The van der Waals surface area contributed by atoms with Gasteiger partial charge in [0.25, 0.3) is 0 Å². The van der Waals surface area contributed by atoms with Gasteiger partial charge in [-0.2, -0.15) is 4.39 Å². The van der Waals surface area contributed by atoms with Crippen LogP contribution < -0.4 is 9.47 Å². The van der Waals surface area contributed by atoms with E-state index in [4.69, 9.17) is 9.47 Å². The van der Waals surface area contributed by atoms with E-state index in [1.165, 1.54) is 30.0 Å². The normalized spacial score (nSPS) is 17.0. The number of para-hydroxylation sites is 1. The smallest absolute Gasteiger partial charge is 0.204 e. The van der Waals surface area contributed by atoms with E-state index in [1.807, 2.05) is 24.3 Å². The Morgan fingerprint density at radius 1 is 1.08 bits per heavy atom. The molecule has 6 rings (SSSR count). The minimum atomic E-state index is -1.11. The lowest BCUT2D eigenvalue weighted by molar-refractivity contribution is 0.241. The van der Waals surface area contributed by atoms with Crippen LogP contribution in [0.5, 0.6) is 17.2 Å². The van der Waals surface area contributed by atoms with E-state index >= 15 is 0 Å². The number of aromatic amines is 2. The van der Waals surface area contributed by atoms with Gasteiger partial charge in [-0.1, -0.05) is 18.2 Å². The van der Waals surface area contributed by atoms with Crippen LogP contribution in [0.1, 0.15) is 24.6 Å². The van der Waals surface area contributed by atoms with Gasteiger partial charge in [-0.05, 0) is 49.9 Å². The molecule has 5 nitrogen and oxygen atoms in total. The fourth-order valence-corrected chi connectivity index (χ4v) is 5.61. The van der Waals surface area contributed by atoms with E-state index in [-0.39, 0.29) is 22.6 Å². The van der Waals surface area contributed by atoms with Gasteiger partial charge in [-0.3, -0.25) is 0 Å². The number of nitrogens with one attached hydrogen (secondary N) is 2. The Morgan fingerprint density at radius 2 is 1.92 bits per heavy atom. The molecular formula is C28H22F3N3O2S. The lowest BCUT2D eigenvalue weighted by Crippen LogP contribution is -2.31. The van der Waals surface area contributed by atoms with E-state index in [9.17, 15) is 13.2 Å². The molecule has 0 bridgehead atoms. The minimum absolute atomic E-state index is 0.0697. The lowest BCUT2D eigenvalue weighted by Gasteiger charge is -2.34. The topological polar surface area (TPSA) is 62.9 Å². The van der Waals surface area contributed by atoms with Crippen LogP contribution in [-0.4, -0.2) is 27.8 Å². The van der Waals surface area contributed by atoms with E-state index < -0.39 is 22.9 Å². The molecular weight excluding hydrogens is 499 g/mol. The molecule has 0 aliphatic carbocycles. The third-order valence-electron chi connectivity index (χ3n) is 6.94. The molecule has 1 aliphatic rings. The van der Waals surface area contributed by atoms with Crippen molar-refractivity contribution in [2.24, 2.45) is 0 Å². The van der Waals surface area contributed by atoms with E-state index in [1.54, 1.807) is 24.7 Å². The predicted octanol–water partition coefficient (Wildman–Crippen LogP) is 7.58. The third kappa shape index (κ3) is 3.76. The zero-order chi connectivity index (χ0) is 25.7. The third-order valence-corrected chi connectivity index (χ3v) is 7.75. The molecule has 1 aliphatic heterocycles. The summed E-state index contributed by atoms with van der Waals surface area (Å²) in [5, 5.41) is 0.504. The quantitative estimate of drug-likeness (QED) is 0.234. The number of halogens is 3. The van der Waals surface area contributed by atoms with Crippen LogP contribution in [0, 0.1) is 17.5 Å². The van der Waals surface area contributed by atoms with Gasteiger partial charge >= 0.3 is 0 Å². The average molecular weight is 522 g/mol.